The molecule has 96 valence electrons. The number of rotatable bonds is 5. The summed E-state index contributed by atoms with van der Waals surface area (Å²) in [5.74, 6) is 0.516. The summed E-state index contributed by atoms with van der Waals surface area (Å²) >= 11 is 0. The average molecular weight is 237 g/mol. The van der Waals surface area contributed by atoms with Gasteiger partial charge in [0.05, 0.1) is 13.2 Å². The van der Waals surface area contributed by atoms with Crippen molar-refractivity contribution in [3.8, 4) is 0 Å². The lowest BCUT2D eigenvalue weighted by Crippen LogP contribution is -2.35. The maximum absolute atomic E-state index is 9.93. The Labute approximate surface area is 104 Å². The molecule has 1 saturated heterocycles. The molecule has 3 heteroatoms. The van der Waals surface area contributed by atoms with Crippen molar-refractivity contribution in [2.45, 2.75) is 39.0 Å². The second-order valence-electron chi connectivity index (χ2n) is 4.78. The summed E-state index contributed by atoms with van der Waals surface area (Å²) in [6.07, 6.45) is 7.51. The van der Waals surface area contributed by atoms with Gasteiger partial charge in [-0.05, 0) is 18.9 Å². The number of aliphatic hydroxyl groups is 1. The van der Waals surface area contributed by atoms with Crippen LogP contribution >= 0.6 is 0 Å². The number of morpholine rings is 1. The third kappa shape index (κ3) is 3.03. The number of ether oxygens (including phenoxy) is 1. The van der Waals surface area contributed by atoms with Gasteiger partial charge in [-0.3, -0.25) is 0 Å². The minimum absolute atomic E-state index is 0.516. The Kier molecular flexibility index (Phi) is 4.49. The van der Waals surface area contributed by atoms with Crippen molar-refractivity contribution in [3.05, 3.63) is 23.1 Å². The van der Waals surface area contributed by atoms with Gasteiger partial charge in [-0.15, -0.1) is 0 Å². The minimum Gasteiger partial charge on any atom is -0.508 e. The Bertz CT molecular complexity index is 314. The molecule has 1 aliphatic carbocycles. The van der Waals surface area contributed by atoms with Crippen molar-refractivity contribution >= 4 is 0 Å². The third-order valence-corrected chi connectivity index (χ3v) is 3.57. The van der Waals surface area contributed by atoms with Crippen LogP contribution in [0.2, 0.25) is 0 Å². The molecule has 0 radical (unpaired) electrons. The van der Waals surface area contributed by atoms with Gasteiger partial charge >= 0.3 is 0 Å². The molecule has 0 aromatic rings. The van der Waals surface area contributed by atoms with Gasteiger partial charge in [0, 0.05) is 30.8 Å². The molecule has 0 saturated carbocycles. The zero-order valence-corrected chi connectivity index (χ0v) is 10.7. The topological polar surface area (TPSA) is 32.7 Å². The quantitative estimate of drug-likeness (QED) is 0.746. The molecule has 17 heavy (non-hydrogen) atoms. The first-order chi connectivity index (χ1) is 8.33. The average Bonchev–Trinajstić information content (AvgIpc) is 2.73. The SMILES string of the molecule is CCCCCC1=C(N2CCOCC2)CC=C1O. The number of aliphatic hydroxyl groups excluding tert-OH is 1. The van der Waals surface area contributed by atoms with Crippen molar-refractivity contribution < 1.29 is 9.84 Å². The van der Waals surface area contributed by atoms with E-state index in [2.05, 4.69) is 11.8 Å². The molecule has 0 unspecified atom stereocenters. The molecule has 0 aromatic carbocycles. The fourth-order valence-corrected chi connectivity index (χ4v) is 2.56. The lowest BCUT2D eigenvalue weighted by molar-refractivity contribution is 0.0524. The Morgan fingerprint density at radius 3 is 2.76 bits per heavy atom. The molecule has 0 spiro atoms. The van der Waals surface area contributed by atoms with Gasteiger partial charge in [-0.25, -0.2) is 0 Å². The highest BCUT2D eigenvalue weighted by Crippen LogP contribution is 2.31. The Balaban J connectivity index is 2.00. The third-order valence-electron chi connectivity index (χ3n) is 3.57. The van der Waals surface area contributed by atoms with E-state index in [0.29, 0.717) is 5.76 Å². The molecular weight excluding hydrogens is 214 g/mol. The molecule has 1 N–H and O–H groups in total. The highest BCUT2D eigenvalue weighted by atomic mass is 16.5. The normalized spacial score (nSPS) is 21.0. The number of nitrogens with zero attached hydrogens (tertiary/aromatic N) is 1. The van der Waals surface area contributed by atoms with Crippen LogP contribution in [0.1, 0.15) is 39.0 Å². The number of hydrogen-bond donors (Lipinski definition) is 1. The van der Waals surface area contributed by atoms with Crippen LogP contribution in [0.5, 0.6) is 0 Å². The molecule has 2 aliphatic rings. The Morgan fingerprint density at radius 1 is 1.29 bits per heavy atom. The van der Waals surface area contributed by atoms with E-state index >= 15 is 0 Å². The monoisotopic (exact) mass is 237 g/mol. The molecule has 0 amide bonds. The Morgan fingerprint density at radius 2 is 2.06 bits per heavy atom. The highest BCUT2D eigenvalue weighted by molar-refractivity contribution is 5.37. The van der Waals surface area contributed by atoms with Crippen molar-refractivity contribution in [2.75, 3.05) is 26.3 Å². The van der Waals surface area contributed by atoms with Gasteiger partial charge in [0.1, 0.15) is 5.76 Å². The van der Waals surface area contributed by atoms with E-state index in [0.717, 1.165) is 39.1 Å². The molecule has 1 heterocycles. The summed E-state index contributed by atoms with van der Waals surface area (Å²) in [5, 5.41) is 9.93. The summed E-state index contributed by atoms with van der Waals surface area (Å²) in [4.78, 5) is 2.38. The number of hydrogen-bond acceptors (Lipinski definition) is 3. The van der Waals surface area contributed by atoms with E-state index in [-0.39, 0.29) is 0 Å². The second-order valence-corrected chi connectivity index (χ2v) is 4.78. The first-order valence-corrected chi connectivity index (χ1v) is 6.77. The van der Waals surface area contributed by atoms with Gasteiger partial charge in [-0.1, -0.05) is 19.8 Å². The summed E-state index contributed by atoms with van der Waals surface area (Å²) in [5.41, 5.74) is 2.52. The molecule has 1 aliphatic heterocycles. The molecule has 2 rings (SSSR count). The van der Waals surface area contributed by atoms with Crippen molar-refractivity contribution in [2.24, 2.45) is 0 Å². The summed E-state index contributed by atoms with van der Waals surface area (Å²) in [7, 11) is 0. The van der Waals surface area contributed by atoms with Crippen LogP contribution in [0.3, 0.4) is 0 Å². The second kappa shape index (κ2) is 6.10. The lowest BCUT2D eigenvalue weighted by atomic mass is 10.1. The van der Waals surface area contributed by atoms with Crippen LogP contribution < -0.4 is 0 Å². The van der Waals surface area contributed by atoms with E-state index in [1.807, 2.05) is 6.08 Å². The Hall–Kier alpha value is -0.960. The zero-order valence-electron chi connectivity index (χ0n) is 10.7. The fourth-order valence-electron chi connectivity index (χ4n) is 2.56. The van der Waals surface area contributed by atoms with Crippen LogP contribution in [-0.2, 0) is 4.74 Å². The first kappa shape index (κ1) is 12.5. The van der Waals surface area contributed by atoms with Gasteiger partial charge < -0.3 is 14.7 Å². The molecule has 0 aromatic heterocycles. The molecule has 3 nitrogen and oxygen atoms in total. The predicted octanol–water partition coefficient (Wildman–Crippen LogP) is 3.00. The maximum atomic E-state index is 9.93. The summed E-state index contributed by atoms with van der Waals surface area (Å²) in [6.45, 7) is 5.77. The molecule has 1 fully saturated rings. The smallest absolute Gasteiger partial charge is 0.116 e. The zero-order chi connectivity index (χ0) is 12.1. The van der Waals surface area contributed by atoms with Crippen LogP contribution in [0, 0.1) is 0 Å². The highest BCUT2D eigenvalue weighted by Gasteiger charge is 2.22. The van der Waals surface area contributed by atoms with Crippen LogP contribution in [0.15, 0.2) is 23.1 Å². The molecule has 0 bridgehead atoms. The van der Waals surface area contributed by atoms with Crippen LogP contribution in [0.25, 0.3) is 0 Å². The van der Waals surface area contributed by atoms with Crippen molar-refractivity contribution in [1.82, 2.24) is 4.90 Å². The van der Waals surface area contributed by atoms with Crippen molar-refractivity contribution in [3.63, 3.8) is 0 Å². The van der Waals surface area contributed by atoms with E-state index in [1.54, 1.807) is 0 Å². The van der Waals surface area contributed by atoms with Gasteiger partial charge in [0.15, 0.2) is 0 Å². The molecule has 0 atom stereocenters. The summed E-state index contributed by atoms with van der Waals surface area (Å²) < 4.78 is 5.38. The largest absolute Gasteiger partial charge is 0.508 e. The first-order valence-electron chi connectivity index (χ1n) is 6.77. The minimum atomic E-state index is 0.516. The van der Waals surface area contributed by atoms with Crippen LogP contribution in [0.4, 0.5) is 0 Å². The van der Waals surface area contributed by atoms with E-state index < -0.39 is 0 Å². The van der Waals surface area contributed by atoms with E-state index in [9.17, 15) is 5.11 Å². The van der Waals surface area contributed by atoms with Gasteiger partial charge in [0.25, 0.3) is 0 Å². The lowest BCUT2D eigenvalue weighted by Gasteiger charge is -2.31. The maximum Gasteiger partial charge on any atom is 0.116 e. The van der Waals surface area contributed by atoms with E-state index in [1.165, 1.54) is 30.5 Å². The van der Waals surface area contributed by atoms with Crippen LogP contribution in [-0.4, -0.2) is 36.3 Å². The van der Waals surface area contributed by atoms with Gasteiger partial charge in [0.2, 0.25) is 0 Å². The number of allylic oxidation sites excluding steroid dienone is 2. The number of unbranched alkanes of at least 4 members (excludes halogenated alkanes) is 2. The fraction of sp³-hybridized carbons (Fsp3) is 0.714. The van der Waals surface area contributed by atoms with E-state index in [4.69, 9.17) is 4.74 Å². The molecular formula is C14H23NO2. The van der Waals surface area contributed by atoms with Crippen molar-refractivity contribution in [1.29, 1.82) is 0 Å². The predicted molar refractivity (Wildman–Crippen MR) is 68.9 cm³/mol. The van der Waals surface area contributed by atoms with Gasteiger partial charge in [-0.2, -0.15) is 0 Å². The standard InChI is InChI=1S/C14H23NO2/c1-2-3-4-5-12-13(6-7-14(12)16)15-8-10-17-11-9-15/h7,16H,2-6,8-11H2,1H3. The summed E-state index contributed by atoms with van der Waals surface area (Å²) in [6, 6.07) is 0.